The van der Waals surface area contributed by atoms with E-state index in [1.165, 1.54) is 5.56 Å². The van der Waals surface area contributed by atoms with Gasteiger partial charge in [-0.2, -0.15) is 17.0 Å². The van der Waals surface area contributed by atoms with Crippen molar-refractivity contribution in [1.29, 1.82) is 0 Å². The second-order valence-corrected chi connectivity index (χ2v) is 14.4. The molecule has 1 aromatic heterocycles. The molecule has 2 bridgehead atoms. The lowest BCUT2D eigenvalue weighted by Crippen LogP contribution is -2.66. The van der Waals surface area contributed by atoms with Crippen LogP contribution in [0, 0.1) is 5.41 Å². The van der Waals surface area contributed by atoms with Gasteiger partial charge in [0.15, 0.2) is 5.69 Å². The molecule has 1 saturated carbocycles. The van der Waals surface area contributed by atoms with E-state index >= 15 is 0 Å². The maximum absolute atomic E-state index is 13.7. The van der Waals surface area contributed by atoms with Crippen molar-refractivity contribution in [2.75, 3.05) is 32.7 Å². The molecule has 1 aliphatic carbocycles. The van der Waals surface area contributed by atoms with Crippen LogP contribution in [-0.4, -0.2) is 83.8 Å². The van der Waals surface area contributed by atoms with Crippen LogP contribution in [0.1, 0.15) is 79.1 Å². The third-order valence-electron chi connectivity index (χ3n) is 9.83. The summed E-state index contributed by atoms with van der Waals surface area (Å²) >= 11 is 0. The van der Waals surface area contributed by atoms with E-state index in [4.69, 9.17) is 4.52 Å². The fourth-order valence-electron chi connectivity index (χ4n) is 7.34. The number of carbonyl (C=O) groups excluding carboxylic acids is 1. The number of piperidine rings is 2. The average molecular weight is 554 g/mol. The highest BCUT2D eigenvalue weighted by molar-refractivity contribution is 7.86. The lowest BCUT2D eigenvalue weighted by Gasteiger charge is -2.54. The Morgan fingerprint density at radius 2 is 1.72 bits per heavy atom. The van der Waals surface area contributed by atoms with Gasteiger partial charge in [0.05, 0.1) is 0 Å². The Kier molecular flexibility index (Phi) is 6.57. The molecule has 5 heterocycles. The summed E-state index contributed by atoms with van der Waals surface area (Å²) in [5.74, 6) is 0.994. The summed E-state index contributed by atoms with van der Waals surface area (Å²) in [6.45, 7) is 4.45. The van der Waals surface area contributed by atoms with Crippen molar-refractivity contribution in [1.82, 2.24) is 24.0 Å². The van der Waals surface area contributed by atoms with Crippen LogP contribution < -0.4 is 5.32 Å². The van der Waals surface area contributed by atoms with Crippen molar-refractivity contribution in [3.05, 3.63) is 53.4 Å². The number of hydrogen-bond donors (Lipinski definition) is 1. The summed E-state index contributed by atoms with van der Waals surface area (Å²) in [5.41, 5.74) is 1.84. The van der Waals surface area contributed by atoms with Crippen molar-refractivity contribution >= 4 is 16.1 Å². The minimum absolute atomic E-state index is 0.0366. The predicted molar refractivity (Wildman–Crippen MR) is 146 cm³/mol. The highest BCUT2D eigenvalue weighted by atomic mass is 32.2. The van der Waals surface area contributed by atoms with Gasteiger partial charge in [-0.25, -0.2) is 0 Å². The fourth-order valence-corrected chi connectivity index (χ4v) is 9.62. The van der Waals surface area contributed by atoms with Crippen LogP contribution in [0.25, 0.3) is 0 Å². The molecule has 1 amide bonds. The molecule has 1 N–H and O–H groups in total. The molecule has 4 saturated heterocycles. The smallest absolute Gasteiger partial charge is 0.282 e. The van der Waals surface area contributed by atoms with Gasteiger partial charge in [0.1, 0.15) is 5.76 Å². The second-order valence-electron chi connectivity index (χ2n) is 12.6. The zero-order valence-electron chi connectivity index (χ0n) is 22.5. The van der Waals surface area contributed by atoms with Gasteiger partial charge in [0.2, 0.25) is 0 Å². The Bertz CT molecular complexity index is 1280. The number of hydrogen-bond acceptors (Lipinski definition) is 6. The van der Waals surface area contributed by atoms with Gasteiger partial charge in [-0.15, -0.1) is 0 Å². The number of fused-ring (bicyclic) bond motifs is 2. The van der Waals surface area contributed by atoms with Crippen LogP contribution in [0.4, 0.5) is 0 Å². The first-order valence-electron chi connectivity index (χ1n) is 14.7. The van der Waals surface area contributed by atoms with Crippen LogP contribution in [0.5, 0.6) is 0 Å². The quantitative estimate of drug-likeness (QED) is 0.539. The molecule has 39 heavy (non-hydrogen) atoms. The minimum Gasteiger partial charge on any atom is -0.360 e. The van der Waals surface area contributed by atoms with Crippen molar-refractivity contribution in [3.63, 3.8) is 0 Å². The van der Waals surface area contributed by atoms with Gasteiger partial charge in [-0.05, 0) is 76.4 Å². The van der Waals surface area contributed by atoms with Gasteiger partial charge in [0, 0.05) is 55.2 Å². The second kappa shape index (κ2) is 9.98. The minimum atomic E-state index is -3.49. The highest BCUT2D eigenvalue weighted by Crippen LogP contribution is 2.46. The zero-order chi connectivity index (χ0) is 26.6. The Balaban J connectivity index is 0.906. The molecule has 7 rings (SSSR count). The summed E-state index contributed by atoms with van der Waals surface area (Å²) in [5, 5.41) is 7.07. The van der Waals surface area contributed by atoms with Gasteiger partial charge < -0.3 is 14.7 Å². The molecule has 4 aliphatic heterocycles. The molecule has 9 nitrogen and oxygen atoms in total. The number of nitrogens with zero attached hydrogens (tertiary/aromatic N) is 4. The number of nitrogens with one attached hydrogen (secondary N) is 1. The van der Waals surface area contributed by atoms with E-state index < -0.39 is 10.2 Å². The van der Waals surface area contributed by atoms with Crippen LogP contribution in [0.2, 0.25) is 0 Å². The number of benzene rings is 1. The van der Waals surface area contributed by atoms with Crippen LogP contribution in [0.3, 0.4) is 0 Å². The summed E-state index contributed by atoms with van der Waals surface area (Å²) in [6, 6.07) is 12.2. The molecule has 1 aromatic carbocycles. The largest absolute Gasteiger partial charge is 0.360 e. The molecule has 210 valence electrons. The SMILES string of the molecule is O=C(NC1C[C@H]2CC[C@@H](C1)N2S(=O)(=O)N1CC2(CCN(CCc3ccccc3)CC2)C1)c1cc(C2CC2)on1. The van der Waals surface area contributed by atoms with Gasteiger partial charge in [-0.1, -0.05) is 35.5 Å². The molecular formula is C29H39N5O4S. The molecule has 10 heteroatoms. The third-order valence-corrected chi connectivity index (χ3v) is 11.9. The molecular weight excluding hydrogens is 514 g/mol. The van der Waals surface area contributed by atoms with E-state index in [9.17, 15) is 13.2 Å². The van der Waals surface area contributed by atoms with E-state index in [-0.39, 0.29) is 29.4 Å². The van der Waals surface area contributed by atoms with Crippen LogP contribution >= 0.6 is 0 Å². The molecule has 2 aromatic rings. The van der Waals surface area contributed by atoms with Crippen molar-refractivity contribution in [2.24, 2.45) is 5.41 Å². The van der Waals surface area contributed by atoms with Crippen molar-refractivity contribution in [2.45, 2.75) is 81.8 Å². The maximum Gasteiger partial charge on any atom is 0.282 e. The normalized spacial score (nSPS) is 29.4. The zero-order valence-corrected chi connectivity index (χ0v) is 23.3. The summed E-state index contributed by atoms with van der Waals surface area (Å²) in [7, 11) is -3.49. The molecule has 5 fully saturated rings. The van der Waals surface area contributed by atoms with E-state index in [0.29, 0.717) is 37.5 Å². The Morgan fingerprint density at radius 1 is 1.03 bits per heavy atom. The number of amides is 1. The molecule has 3 atom stereocenters. The molecule has 5 aliphatic rings. The topological polar surface area (TPSA) is 99.0 Å². The van der Waals surface area contributed by atoms with E-state index in [1.54, 1.807) is 14.7 Å². The number of carbonyl (C=O) groups is 1. The van der Waals surface area contributed by atoms with Gasteiger partial charge >= 0.3 is 0 Å². The molecule has 1 unspecified atom stereocenters. The Morgan fingerprint density at radius 3 is 2.38 bits per heavy atom. The Labute approximate surface area is 231 Å². The maximum atomic E-state index is 13.7. The summed E-state index contributed by atoms with van der Waals surface area (Å²) < 4.78 is 36.3. The van der Waals surface area contributed by atoms with E-state index in [2.05, 4.69) is 45.7 Å². The monoisotopic (exact) mass is 553 g/mol. The van der Waals surface area contributed by atoms with Crippen LogP contribution in [-0.2, 0) is 16.6 Å². The first-order valence-corrected chi connectivity index (χ1v) is 16.1. The van der Waals surface area contributed by atoms with Gasteiger partial charge in [0.25, 0.3) is 16.1 Å². The summed E-state index contributed by atoms with van der Waals surface area (Å²) in [4.78, 5) is 15.3. The Hall–Kier alpha value is -2.27. The predicted octanol–water partition coefficient (Wildman–Crippen LogP) is 3.16. The van der Waals surface area contributed by atoms with E-state index in [1.807, 2.05) is 0 Å². The highest BCUT2D eigenvalue weighted by Gasteiger charge is 2.55. The van der Waals surface area contributed by atoms with E-state index in [0.717, 1.165) is 70.3 Å². The number of likely N-dealkylation sites (tertiary alicyclic amines) is 1. The first kappa shape index (κ1) is 25.7. The molecule has 1 spiro atoms. The lowest BCUT2D eigenvalue weighted by atomic mass is 9.73. The molecule has 0 radical (unpaired) electrons. The van der Waals surface area contributed by atoms with Crippen molar-refractivity contribution in [3.8, 4) is 0 Å². The summed E-state index contributed by atoms with van der Waals surface area (Å²) in [6.07, 6.45) is 8.43. The van der Waals surface area contributed by atoms with Crippen molar-refractivity contribution < 1.29 is 17.7 Å². The van der Waals surface area contributed by atoms with Gasteiger partial charge in [-0.3, -0.25) is 4.79 Å². The van der Waals surface area contributed by atoms with Crippen LogP contribution in [0.15, 0.2) is 40.9 Å². The first-order chi connectivity index (χ1) is 18.9. The standard InChI is InChI=1S/C29H39N5O4S/c35-28(26-18-27(38-31-26)22-6-7-22)30-23-16-24-8-9-25(17-23)34(24)39(36,37)33-19-29(20-33)11-14-32(15-12-29)13-10-21-4-2-1-3-5-21/h1-5,18,22-25H,6-17,19-20H2,(H,30,35)/t23?,24-,25+. The lowest BCUT2D eigenvalue weighted by molar-refractivity contribution is -0.00406. The fraction of sp³-hybridized carbons (Fsp3) is 0.655. The average Bonchev–Trinajstić information content (AvgIpc) is 3.57. The number of aromatic nitrogens is 1. The third kappa shape index (κ3) is 5.05. The number of rotatable bonds is 8.